The standard InChI is InChI=1S/C28H28N4O3/c1-4-35-28(34)22-12-14-24(15-13-22)32-19(2)16-23(20(32)3)17-30-31-27(33)18-29-26-11-7-9-21-8-5-6-10-25(21)26/h5-17,29H,4,18H2,1-3H3,(H,31,33)/b30-17-. The van der Waals surface area contributed by atoms with E-state index in [4.69, 9.17) is 4.74 Å². The van der Waals surface area contributed by atoms with Crippen LogP contribution in [0.15, 0.2) is 77.9 Å². The minimum absolute atomic E-state index is 0.108. The molecule has 4 rings (SSSR count). The number of hydrogen-bond acceptors (Lipinski definition) is 5. The Morgan fingerprint density at radius 2 is 1.74 bits per heavy atom. The molecule has 7 nitrogen and oxygen atoms in total. The highest BCUT2D eigenvalue weighted by Crippen LogP contribution is 2.23. The highest BCUT2D eigenvalue weighted by atomic mass is 16.5. The van der Waals surface area contributed by atoms with E-state index in [0.29, 0.717) is 12.2 Å². The monoisotopic (exact) mass is 468 g/mol. The fourth-order valence-corrected chi connectivity index (χ4v) is 4.05. The number of carbonyl (C=O) groups excluding carboxylic acids is 2. The van der Waals surface area contributed by atoms with Crippen LogP contribution in [0.1, 0.15) is 34.2 Å². The molecule has 0 unspecified atom stereocenters. The number of fused-ring (bicyclic) bond motifs is 1. The van der Waals surface area contributed by atoms with Gasteiger partial charge in [0.05, 0.1) is 24.9 Å². The van der Waals surface area contributed by atoms with Gasteiger partial charge in [0.2, 0.25) is 0 Å². The molecule has 1 heterocycles. The van der Waals surface area contributed by atoms with Crippen molar-refractivity contribution in [1.82, 2.24) is 9.99 Å². The Bertz CT molecular complexity index is 1380. The molecule has 3 aromatic carbocycles. The topological polar surface area (TPSA) is 84.7 Å². The van der Waals surface area contributed by atoms with Crippen molar-refractivity contribution in [2.45, 2.75) is 20.8 Å². The van der Waals surface area contributed by atoms with E-state index in [1.807, 2.05) is 74.5 Å². The number of carbonyl (C=O) groups is 2. The van der Waals surface area contributed by atoms with Crippen molar-refractivity contribution in [2.75, 3.05) is 18.5 Å². The van der Waals surface area contributed by atoms with E-state index in [2.05, 4.69) is 20.4 Å². The van der Waals surface area contributed by atoms with Gasteiger partial charge in [-0.25, -0.2) is 10.2 Å². The number of rotatable bonds is 8. The van der Waals surface area contributed by atoms with Gasteiger partial charge in [-0.05, 0) is 62.6 Å². The number of amides is 1. The number of benzene rings is 3. The van der Waals surface area contributed by atoms with Crippen LogP contribution in [-0.4, -0.2) is 35.8 Å². The molecule has 1 amide bonds. The molecule has 0 bridgehead atoms. The van der Waals surface area contributed by atoms with E-state index >= 15 is 0 Å². The van der Waals surface area contributed by atoms with Crippen molar-refractivity contribution < 1.29 is 14.3 Å². The molecular formula is C28H28N4O3. The Kier molecular flexibility index (Phi) is 7.26. The maximum Gasteiger partial charge on any atom is 0.338 e. The van der Waals surface area contributed by atoms with Crippen LogP contribution in [0.5, 0.6) is 0 Å². The lowest BCUT2D eigenvalue weighted by Gasteiger charge is -2.10. The molecule has 0 aliphatic rings. The summed E-state index contributed by atoms with van der Waals surface area (Å²) < 4.78 is 7.12. The highest BCUT2D eigenvalue weighted by Gasteiger charge is 2.11. The molecule has 0 saturated carbocycles. The zero-order valence-corrected chi connectivity index (χ0v) is 20.0. The Labute approximate surface area is 204 Å². The molecular weight excluding hydrogens is 440 g/mol. The van der Waals surface area contributed by atoms with Crippen molar-refractivity contribution in [3.63, 3.8) is 0 Å². The molecule has 0 radical (unpaired) electrons. The Morgan fingerprint density at radius 1 is 1.00 bits per heavy atom. The second kappa shape index (κ2) is 10.7. The minimum atomic E-state index is -0.335. The molecule has 178 valence electrons. The van der Waals surface area contributed by atoms with E-state index in [1.165, 1.54) is 0 Å². The molecule has 0 saturated heterocycles. The number of esters is 1. The lowest BCUT2D eigenvalue weighted by molar-refractivity contribution is -0.119. The van der Waals surface area contributed by atoms with E-state index in [1.54, 1.807) is 25.3 Å². The summed E-state index contributed by atoms with van der Waals surface area (Å²) in [6, 6.07) is 23.2. The maximum absolute atomic E-state index is 12.3. The molecule has 0 atom stereocenters. The van der Waals surface area contributed by atoms with Crippen LogP contribution in [0.4, 0.5) is 5.69 Å². The molecule has 0 fully saturated rings. The highest BCUT2D eigenvalue weighted by molar-refractivity contribution is 5.95. The Hall–Kier alpha value is -4.39. The minimum Gasteiger partial charge on any atom is -0.462 e. The lowest BCUT2D eigenvalue weighted by atomic mass is 10.1. The first-order chi connectivity index (χ1) is 17.0. The summed E-state index contributed by atoms with van der Waals surface area (Å²) >= 11 is 0. The first-order valence-corrected chi connectivity index (χ1v) is 11.5. The summed E-state index contributed by atoms with van der Waals surface area (Å²) in [4.78, 5) is 24.2. The predicted octanol–water partition coefficient (Wildman–Crippen LogP) is 4.99. The quantitative estimate of drug-likeness (QED) is 0.217. The van der Waals surface area contributed by atoms with Gasteiger partial charge in [-0.1, -0.05) is 36.4 Å². The molecule has 7 heteroatoms. The summed E-state index contributed by atoms with van der Waals surface area (Å²) in [6.45, 7) is 6.21. The average molecular weight is 469 g/mol. The molecule has 4 aromatic rings. The van der Waals surface area contributed by atoms with Gasteiger partial charge >= 0.3 is 5.97 Å². The van der Waals surface area contributed by atoms with Gasteiger partial charge in [0.1, 0.15) is 0 Å². The third kappa shape index (κ3) is 5.41. The van der Waals surface area contributed by atoms with Gasteiger partial charge in [-0.3, -0.25) is 4.79 Å². The van der Waals surface area contributed by atoms with E-state index < -0.39 is 0 Å². The fraction of sp³-hybridized carbons (Fsp3) is 0.179. The van der Waals surface area contributed by atoms with Crippen LogP contribution in [0.25, 0.3) is 16.5 Å². The van der Waals surface area contributed by atoms with Gasteiger partial charge < -0.3 is 14.6 Å². The predicted molar refractivity (Wildman–Crippen MR) is 139 cm³/mol. The van der Waals surface area contributed by atoms with Crippen molar-refractivity contribution in [3.05, 3.63) is 95.3 Å². The molecule has 0 aliphatic carbocycles. The second-order valence-electron chi connectivity index (χ2n) is 8.10. The van der Waals surface area contributed by atoms with Crippen LogP contribution in [0.2, 0.25) is 0 Å². The van der Waals surface area contributed by atoms with E-state index in [0.717, 1.165) is 39.1 Å². The average Bonchev–Trinajstić information content (AvgIpc) is 3.15. The smallest absolute Gasteiger partial charge is 0.338 e. The van der Waals surface area contributed by atoms with Crippen LogP contribution in [-0.2, 0) is 9.53 Å². The van der Waals surface area contributed by atoms with Gasteiger partial charge in [0.25, 0.3) is 5.91 Å². The van der Waals surface area contributed by atoms with Crippen LogP contribution >= 0.6 is 0 Å². The number of anilines is 1. The van der Waals surface area contributed by atoms with Crippen LogP contribution in [0.3, 0.4) is 0 Å². The van der Waals surface area contributed by atoms with E-state index in [9.17, 15) is 9.59 Å². The summed E-state index contributed by atoms with van der Waals surface area (Å²) in [7, 11) is 0. The van der Waals surface area contributed by atoms with Gasteiger partial charge in [-0.15, -0.1) is 0 Å². The number of hydrogen-bond donors (Lipinski definition) is 2. The molecule has 0 spiro atoms. The second-order valence-corrected chi connectivity index (χ2v) is 8.10. The number of hydrazone groups is 1. The first-order valence-electron chi connectivity index (χ1n) is 11.5. The summed E-state index contributed by atoms with van der Waals surface area (Å²) in [5.41, 5.74) is 7.80. The first kappa shape index (κ1) is 23.8. The van der Waals surface area contributed by atoms with Gasteiger partial charge in [0.15, 0.2) is 0 Å². The van der Waals surface area contributed by atoms with E-state index in [-0.39, 0.29) is 18.4 Å². The van der Waals surface area contributed by atoms with Crippen molar-refractivity contribution >= 4 is 34.6 Å². The maximum atomic E-state index is 12.3. The summed E-state index contributed by atoms with van der Waals surface area (Å²) in [5.74, 6) is -0.573. The largest absolute Gasteiger partial charge is 0.462 e. The normalized spacial score (nSPS) is 11.1. The van der Waals surface area contributed by atoms with Gasteiger partial charge in [0, 0.05) is 33.7 Å². The van der Waals surface area contributed by atoms with Gasteiger partial charge in [-0.2, -0.15) is 5.10 Å². The third-order valence-electron chi connectivity index (χ3n) is 5.73. The van der Waals surface area contributed by atoms with Crippen molar-refractivity contribution in [1.29, 1.82) is 0 Å². The molecule has 35 heavy (non-hydrogen) atoms. The SMILES string of the molecule is CCOC(=O)c1ccc(-n2c(C)cc(/C=N\NC(=O)CNc3cccc4ccccc34)c2C)cc1. The summed E-state index contributed by atoms with van der Waals surface area (Å²) in [5, 5.41) is 9.50. The number of nitrogens with zero attached hydrogens (tertiary/aromatic N) is 2. The van der Waals surface area contributed by atoms with Crippen molar-refractivity contribution in [3.8, 4) is 5.69 Å². The number of aryl methyl sites for hydroxylation is 1. The molecule has 0 aliphatic heterocycles. The number of ether oxygens (including phenoxy) is 1. The molecule has 1 aromatic heterocycles. The number of nitrogens with one attached hydrogen (secondary N) is 2. The van der Waals surface area contributed by atoms with Crippen LogP contribution in [0, 0.1) is 13.8 Å². The Balaban J connectivity index is 1.39. The third-order valence-corrected chi connectivity index (χ3v) is 5.73. The lowest BCUT2D eigenvalue weighted by Crippen LogP contribution is -2.25. The zero-order valence-electron chi connectivity index (χ0n) is 20.0. The zero-order chi connectivity index (χ0) is 24.8. The van der Waals surface area contributed by atoms with Crippen LogP contribution < -0.4 is 10.7 Å². The Morgan fingerprint density at radius 3 is 2.51 bits per heavy atom. The summed E-state index contributed by atoms with van der Waals surface area (Å²) in [6.07, 6.45) is 1.64. The van der Waals surface area contributed by atoms with Crippen molar-refractivity contribution in [2.24, 2.45) is 5.10 Å². The number of aromatic nitrogens is 1. The molecule has 2 N–H and O–H groups in total. The fourth-order valence-electron chi connectivity index (χ4n) is 4.05.